The van der Waals surface area contributed by atoms with Crippen molar-refractivity contribution in [2.75, 3.05) is 13.7 Å². The van der Waals surface area contributed by atoms with Crippen molar-refractivity contribution in [2.45, 2.75) is 25.9 Å². The molecule has 0 amide bonds. The molecule has 5 nitrogen and oxygen atoms in total. The quantitative estimate of drug-likeness (QED) is 0.647. The van der Waals surface area contributed by atoms with Crippen molar-refractivity contribution in [3.63, 3.8) is 0 Å². The van der Waals surface area contributed by atoms with Gasteiger partial charge in [0.1, 0.15) is 0 Å². The first-order chi connectivity index (χ1) is 8.34. The summed E-state index contributed by atoms with van der Waals surface area (Å²) < 4.78 is 5.81. The number of nitrogens with one attached hydrogen (secondary N) is 1. The van der Waals surface area contributed by atoms with Gasteiger partial charge in [0.15, 0.2) is 0 Å². The Labute approximate surface area is 115 Å². The second kappa shape index (κ2) is 6.26. The first kappa shape index (κ1) is 15.1. The van der Waals surface area contributed by atoms with Crippen LogP contribution < -0.4 is 5.32 Å². The Bertz CT molecular complexity index is 435. The summed E-state index contributed by atoms with van der Waals surface area (Å²) in [5.41, 5.74) is 0.775. The van der Waals surface area contributed by atoms with E-state index in [1.807, 2.05) is 19.9 Å². The Balaban J connectivity index is 2.76. The fourth-order valence-corrected chi connectivity index (χ4v) is 2.12. The summed E-state index contributed by atoms with van der Waals surface area (Å²) in [6.07, 6.45) is 0. The van der Waals surface area contributed by atoms with E-state index in [4.69, 9.17) is 4.74 Å². The van der Waals surface area contributed by atoms with E-state index < -0.39 is 4.92 Å². The lowest BCUT2D eigenvalue weighted by molar-refractivity contribution is -0.385. The molecule has 0 aliphatic heterocycles. The topological polar surface area (TPSA) is 64.4 Å². The van der Waals surface area contributed by atoms with Crippen molar-refractivity contribution < 1.29 is 9.66 Å². The third-order valence-electron chi connectivity index (χ3n) is 2.43. The van der Waals surface area contributed by atoms with Crippen LogP contribution in [0.5, 0.6) is 0 Å². The van der Waals surface area contributed by atoms with Crippen molar-refractivity contribution in [2.24, 2.45) is 0 Å². The lowest BCUT2D eigenvalue weighted by Gasteiger charge is -2.25. The van der Waals surface area contributed by atoms with Crippen molar-refractivity contribution in [3.05, 3.63) is 38.3 Å². The largest absolute Gasteiger partial charge is 0.383 e. The predicted molar refractivity (Wildman–Crippen MR) is 73.6 cm³/mol. The van der Waals surface area contributed by atoms with Crippen molar-refractivity contribution >= 4 is 21.6 Å². The molecule has 0 bridgehead atoms. The van der Waals surface area contributed by atoms with Gasteiger partial charge in [-0.25, -0.2) is 0 Å². The van der Waals surface area contributed by atoms with Gasteiger partial charge in [-0.1, -0.05) is 15.9 Å². The van der Waals surface area contributed by atoms with E-state index in [-0.39, 0.29) is 11.2 Å². The highest BCUT2D eigenvalue weighted by atomic mass is 79.9. The number of hydrogen-bond acceptors (Lipinski definition) is 4. The van der Waals surface area contributed by atoms with Gasteiger partial charge < -0.3 is 10.1 Å². The van der Waals surface area contributed by atoms with Crippen LogP contribution in [-0.2, 0) is 11.3 Å². The molecule has 18 heavy (non-hydrogen) atoms. The molecule has 0 radical (unpaired) electrons. The Morgan fingerprint density at radius 2 is 2.11 bits per heavy atom. The Kier molecular flexibility index (Phi) is 5.25. The summed E-state index contributed by atoms with van der Waals surface area (Å²) in [5, 5.41) is 14.1. The number of hydrogen-bond donors (Lipinski definition) is 1. The monoisotopic (exact) mass is 316 g/mol. The molecule has 1 aromatic carbocycles. The summed E-state index contributed by atoms with van der Waals surface area (Å²) in [5.74, 6) is 0. The number of halogens is 1. The lowest BCUT2D eigenvalue weighted by Crippen LogP contribution is -2.42. The van der Waals surface area contributed by atoms with E-state index in [9.17, 15) is 10.1 Å². The molecule has 1 aromatic rings. The SMILES string of the molecule is COCC(C)(C)NCc1cc(Br)cc([N+](=O)[O-])c1. The molecule has 0 saturated carbocycles. The Morgan fingerprint density at radius 1 is 1.44 bits per heavy atom. The van der Waals surface area contributed by atoms with Crippen LogP contribution in [0.15, 0.2) is 22.7 Å². The fourth-order valence-electron chi connectivity index (χ4n) is 1.59. The Morgan fingerprint density at radius 3 is 2.67 bits per heavy atom. The van der Waals surface area contributed by atoms with Crippen LogP contribution in [0.1, 0.15) is 19.4 Å². The number of non-ortho nitro benzene ring substituents is 1. The molecule has 0 aromatic heterocycles. The summed E-state index contributed by atoms with van der Waals surface area (Å²) in [7, 11) is 1.65. The molecular weight excluding hydrogens is 300 g/mol. The molecule has 0 saturated heterocycles. The summed E-state index contributed by atoms with van der Waals surface area (Å²) in [6, 6.07) is 4.92. The van der Waals surface area contributed by atoms with Gasteiger partial charge in [-0.05, 0) is 25.5 Å². The van der Waals surface area contributed by atoms with Crippen molar-refractivity contribution in [1.29, 1.82) is 0 Å². The maximum Gasteiger partial charge on any atom is 0.270 e. The highest BCUT2D eigenvalue weighted by Crippen LogP contribution is 2.21. The minimum Gasteiger partial charge on any atom is -0.383 e. The minimum atomic E-state index is -0.394. The second-order valence-electron chi connectivity index (χ2n) is 4.75. The number of benzene rings is 1. The number of nitrogens with zero attached hydrogens (tertiary/aromatic N) is 1. The van der Waals surface area contributed by atoms with Crippen LogP contribution in [0, 0.1) is 10.1 Å². The highest BCUT2D eigenvalue weighted by Gasteiger charge is 2.17. The molecule has 0 aliphatic carbocycles. The summed E-state index contributed by atoms with van der Waals surface area (Å²) >= 11 is 3.28. The standard InChI is InChI=1S/C12H17BrN2O3/c1-12(2,8-18-3)14-7-9-4-10(13)6-11(5-9)15(16)17/h4-6,14H,7-8H2,1-3H3. The minimum absolute atomic E-state index is 0.0886. The zero-order valence-corrected chi connectivity index (χ0v) is 12.3. The average Bonchev–Trinajstić information content (AvgIpc) is 2.26. The second-order valence-corrected chi connectivity index (χ2v) is 5.66. The molecule has 0 aliphatic rings. The molecule has 6 heteroatoms. The van der Waals surface area contributed by atoms with Gasteiger partial charge in [-0.15, -0.1) is 0 Å². The molecule has 1 rings (SSSR count). The van der Waals surface area contributed by atoms with Gasteiger partial charge >= 0.3 is 0 Å². The smallest absolute Gasteiger partial charge is 0.270 e. The van der Waals surface area contributed by atoms with E-state index in [0.29, 0.717) is 17.6 Å². The van der Waals surface area contributed by atoms with Crippen molar-refractivity contribution in [3.8, 4) is 0 Å². The van der Waals surface area contributed by atoms with Gasteiger partial charge in [0.05, 0.1) is 11.5 Å². The number of ether oxygens (including phenoxy) is 1. The van der Waals surface area contributed by atoms with Crippen LogP contribution >= 0.6 is 15.9 Å². The molecule has 0 unspecified atom stereocenters. The molecule has 1 N–H and O–H groups in total. The third-order valence-corrected chi connectivity index (χ3v) is 2.89. The number of rotatable bonds is 6. The normalized spacial score (nSPS) is 11.6. The first-order valence-corrected chi connectivity index (χ1v) is 6.31. The molecule has 0 fully saturated rings. The first-order valence-electron chi connectivity index (χ1n) is 5.52. The van der Waals surface area contributed by atoms with E-state index in [1.165, 1.54) is 6.07 Å². The van der Waals surface area contributed by atoms with E-state index in [1.54, 1.807) is 13.2 Å². The zero-order chi connectivity index (χ0) is 13.8. The number of nitro groups is 1. The average molecular weight is 317 g/mol. The molecular formula is C12H17BrN2O3. The van der Waals surface area contributed by atoms with Crippen LogP contribution in [-0.4, -0.2) is 24.2 Å². The van der Waals surface area contributed by atoms with Gasteiger partial charge in [-0.3, -0.25) is 10.1 Å². The van der Waals surface area contributed by atoms with Crippen LogP contribution in [0.3, 0.4) is 0 Å². The van der Waals surface area contributed by atoms with Crippen LogP contribution in [0.25, 0.3) is 0 Å². The van der Waals surface area contributed by atoms with Gasteiger partial charge in [0, 0.05) is 35.8 Å². The van der Waals surface area contributed by atoms with Gasteiger partial charge in [0.25, 0.3) is 5.69 Å². The van der Waals surface area contributed by atoms with Crippen molar-refractivity contribution in [1.82, 2.24) is 5.32 Å². The maximum absolute atomic E-state index is 10.8. The summed E-state index contributed by atoms with van der Waals surface area (Å²) in [4.78, 5) is 10.4. The van der Waals surface area contributed by atoms with Crippen LogP contribution in [0.4, 0.5) is 5.69 Å². The Hall–Kier alpha value is -0.980. The van der Waals surface area contributed by atoms with Gasteiger partial charge in [0.2, 0.25) is 0 Å². The summed E-state index contributed by atoms with van der Waals surface area (Å²) in [6.45, 7) is 5.16. The lowest BCUT2D eigenvalue weighted by atomic mass is 10.1. The highest BCUT2D eigenvalue weighted by molar-refractivity contribution is 9.10. The van der Waals surface area contributed by atoms with E-state index in [0.717, 1.165) is 5.56 Å². The number of methoxy groups -OCH3 is 1. The predicted octanol–water partition coefficient (Wildman–Crippen LogP) is 2.87. The zero-order valence-electron chi connectivity index (χ0n) is 10.7. The van der Waals surface area contributed by atoms with Crippen LogP contribution in [0.2, 0.25) is 0 Å². The molecule has 0 heterocycles. The molecule has 0 atom stereocenters. The van der Waals surface area contributed by atoms with E-state index >= 15 is 0 Å². The van der Waals surface area contributed by atoms with Gasteiger partial charge in [-0.2, -0.15) is 0 Å². The van der Waals surface area contributed by atoms with E-state index in [2.05, 4.69) is 21.2 Å². The number of nitro benzene ring substituents is 1. The third kappa shape index (κ3) is 4.72. The molecule has 0 spiro atoms. The molecule has 100 valence electrons. The fraction of sp³-hybridized carbons (Fsp3) is 0.500. The maximum atomic E-state index is 10.8.